The number of hydrogen-bond acceptors (Lipinski definition) is 4. The smallest absolute Gasteiger partial charge is 0.337 e. The van der Waals surface area contributed by atoms with Crippen LogP contribution in [0.25, 0.3) is 0 Å². The highest BCUT2D eigenvalue weighted by Crippen LogP contribution is 2.34. The van der Waals surface area contributed by atoms with Gasteiger partial charge in [-0.15, -0.1) is 0 Å². The quantitative estimate of drug-likeness (QED) is 0.847. The summed E-state index contributed by atoms with van der Waals surface area (Å²) in [6, 6.07) is 3.64. The number of esters is 1. The maximum atomic E-state index is 13.1. The normalized spacial score (nSPS) is 18.1. The summed E-state index contributed by atoms with van der Waals surface area (Å²) in [6.45, 7) is 2.75. The van der Waals surface area contributed by atoms with Gasteiger partial charge < -0.3 is 10.1 Å². The minimum absolute atomic E-state index is 0.129. The van der Waals surface area contributed by atoms with Crippen LogP contribution >= 0.6 is 0 Å². The number of rotatable bonds is 2. The van der Waals surface area contributed by atoms with Gasteiger partial charge >= 0.3 is 12.0 Å². The molecule has 1 atom stereocenters. The molecule has 0 saturated carbocycles. The summed E-state index contributed by atoms with van der Waals surface area (Å²) in [7, 11) is 1.21. The van der Waals surface area contributed by atoms with Gasteiger partial charge in [0, 0.05) is 12.6 Å². The van der Waals surface area contributed by atoms with Crippen LogP contribution < -0.4 is 5.32 Å². The van der Waals surface area contributed by atoms with E-state index in [0.29, 0.717) is 11.3 Å². The van der Waals surface area contributed by atoms with Gasteiger partial charge in [-0.1, -0.05) is 12.1 Å². The van der Waals surface area contributed by atoms with Gasteiger partial charge in [0.2, 0.25) is 5.91 Å². The number of nitrogens with one attached hydrogen (secondary N) is 1. The first-order chi connectivity index (χ1) is 10.4. The maximum absolute atomic E-state index is 13.1. The molecule has 7 heteroatoms. The van der Waals surface area contributed by atoms with E-state index in [1.54, 1.807) is 0 Å². The minimum atomic E-state index is -0.959. The van der Waals surface area contributed by atoms with Crippen LogP contribution in [0.15, 0.2) is 35.5 Å². The number of hydrogen-bond donors (Lipinski definition) is 1. The highest BCUT2D eigenvalue weighted by molar-refractivity contribution is 6.01. The van der Waals surface area contributed by atoms with Gasteiger partial charge in [0.1, 0.15) is 11.9 Å². The number of urea groups is 1. The molecule has 116 valence electrons. The summed E-state index contributed by atoms with van der Waals surface area (Å²) >= 11 is 0. The van der Waals surface area contributed by atoms with Gasteiger partial charge in [-0.3, -0.25) is 9.69 Å². The molecule has 0 bridgehead atoms. The maximum Gasteiger partial charge on any atom is 0.337 e. The van der Waals surface area contributed by atoms with Crippen LogP contribution in [0.3, 0.4) is 0 Å². The fourth-order valence-electron chi connectivity index (χ4n) is 2.40. The summed E-state index contributed by atoms with van der Waals surface area (Å²) in [5, 5.41) is 2.46. The molecule has 1 N–H and O–H groups in total. The fourth-order valence-corrected chi connectivity index (χ4v) is 2.40. The Morgan fingerprint density at radius 2 is 1.86 bits per heavy atom. The largest absolute Gasteiger partial charge is 0.466 e. The Kier molecular flexibility index (Phi) is 4.25. The summed E-state index contributed by atoms with van der Waals surface area (Å²) in [5.41, 5.74) is 0.860. The molecule has 0 radical (unpaired) electrons. The number of allylic oxidation sites excluding steroid dienone is 1. The van der Waals surface area contributed by atoms with Crippen LogP contribution in [0.2, 0.25) is 0 Å². The van der Waals surface area contributed by atoms with E-state index in [1.165, 1.54) is 45.2 Å². The molecule has 0 saturated heterocycles. The second-order valence-electron chi connectivity index (χ2n) is 4.80. The van der Waals surface area contributed by atoms with E-state index in [1.807, 2.05) is 0 Å². The Morgan fingerprint density at radius 1 is 1.27 bits per heavy atom. The number of benzene rings is 1. The average molecular weight is 306 g/mol. The Balaban J connectivity index is 2.64. The number of carbonyl (C=O) groups is 3. The van der Waals surface area contributed by atoms with Crippen molar-refractivity contribution in [1.82, 2.24) is 10.2 Å². The molecule has 0 spiro atoms. The summed E-state index contributed by atoms with van der Waals surface area (Å²) in [5.74, 6) is -1.67. The minimum Gasteiger partial charge on any atom is -0.466 e. The van der Waals surface area contributed by atoms with E-state index >= 15 is 0 Å². The Labute approximate surface area is 126 Å². The Hall–Kier alpha value is -2.70. The molecule has 1 aromatic carbocycles. The van der Waals surface area contributed by atoms with E-state index < -0.39 is 29.8 Å². The first-order valence-electron chi connectivity index (χ1n) is 6.52. The monoisotopic (exact) mass is 306 g/mol. The molecule has 1 unspecified atom stereocenters. The number of amides is 3. The Morgan fingerprint density at radius 3 is 2.36 bits per heavy atom. The molecule has 1 heterocycles. The van der Waals surface area contributed by atoms with Gasteiger partial charge in [0.05, 0.1) is 12.7 Å². The molecule has 0 aliphatic carbocycles. The van der Waals surface area contributed by atoms with Crippen molar-refractivity contribution in [3.8, 4) is 0 Å². The van der Waals surface area contributed by atoms with E-state index in [9.17, 15) is 18.8 Å². The van der Waals surface area contributed by atoms with Crippen molar-refractivity contribution < 1.29 is 23.5 Å². The number of methoxy groups -OCH3 is 1. The van der Waals surface area contributed by atoms with Gasteiger partial charge in [-0.25, -0.2) is 14.0 Å². The average Bonchev–Trinajstić information content (AvgIpc) is 2.46. The zero-order chi connectivity index (χ0) is 16.4. The van der Waals surface area contributed by atoms with Crippen molar-refractivity contribution in [3.05, 3.63) is 46.9 Å². The molecular formula is C15H15FN2O4. The first kappa shape index (κ1) is 15.7. The van der Waals surface area contributed by atoms with E-state index in [0.717, 1.165) is 4.90 Å². The molecule has 22 heavy (non-hydrogen) atoms. The van der Waals surface area contributed by atoms with Gasteiger partial charge in [-0.05, 0) is 24.6 Å². The number of halogens is 1. The molecule has 1 aliphatic rings. The van der Waals surface area contributed by atoms with E-state index in [4.69, 9.17) is 4.74 Å². The fraction of sp³-hybridized carbons (Fsp3) is 0.267. The van der Waals surface area contributed by atoms with Gasteiger partial charge in [-0.2, -0.15) is 0 Å². The van der Waals surface area contributed by atoms with Crippen LogP contribution in [0.5, 0.6) is 0 Å². The lowest BCUT2D eigenvalue weighted by Crippen LogP contribution is -2.50. The van der Waals surface area contributed by atoms with Crippen molar-refractivity contribution in [3.63, 3.8) is 0 Å². The molecule has 1 aromatic rings. The van der Waals surface area contributed by atoms with Crippen molar-refractivity contribution in [2.45, 2.75) is 19.9 Å². The molecule has 2 rings (SSSR count). The molecular weight excluding hydrogens is 291 g/mol. The number of ether oxygens (including phenoxy) is 1. The number of nitrogens with zero attached hydrogens (tertiary/aromatic N) is 1. The third-order valence-corrected chi connectivity index (χ3v) is 3.38. The molecule has 0 fully saturated rings. The molecule has 6 nitrogen and oxygen atoms in total. The molecule has 3 amide bonds. The second-order valence-corrected chi connectivity index (χ2v) is 4.80. The SMILES string of the molecule is COC(=O)C1=C(C)NC(=O)N(C(C)=O)C1c1ccc(F)cc1. The summed E-state index contributed by atoms with van der Waals surface area (Å²) < 4.78 is 17.9. The Bertz CT molecular complexity index is 667. The standard InChI is InChI=1S/C15H15FN2O4/c1-8-12(14(20)22-3)13(10-4-6-11(16)7-5-10)18(9(2)19)15(21)17-8/h4-7,13H,1-3H3,(H,17,21). The van der Waals surface area contributed by atoms with Gasteiger partial charge in [0.25, 0.3) is 0 Å². The zero-order valence-corrected chi connectivity index (χ0v) is 12.3. The summed E-state index contributed by atoms with van der Waals surface area (Å²) in [6.07, 6.45) is 0. The van der Waals surface area contributed by atoms with E-state index in [-0.39, 0.29) is 5.57 Å². The lowest BCUT2D eigenvalue weighted by Gasteiger charge is -2.35. The van der Waals surface area contributed by atoms with Crippen LogP contribution in [-0.2, 0) is 14.3 Å². The number of imide groups is 1. The number of carbonyl (C=O) groups excluding carboxylic acids is 3. The van der Waals surface area contributed by atoms with Crippen molar-refractivity contribution >= 4 is 17.9 Å². The molecule has 1 aliphatic heterocycles. The predicted molar refractivity (Wildman–Crippen MR) is 74.9 cm³/mol. The lowest BCUT2D eigenvalue weighted by atomic mass is 9.93. The van der Waals surface area contributed by atoms with Crippen molar-refractivity contribution in [2.75, 3.05) is 7.11 Å². The van der Waals surface area contributed by atoms with Crippen LogP contribution in [-0.4, -0.2) is 29.9 Å². The van der Waals surface area contributed by atoms with E-state index in [2.05, 4.69) is 5.32 Å². The van der Waals surface area contributed by atoms with Crippen molar-refractivity contribution in [2.24, 2.45) is 0 Å². The van der Waals surface area contributed by atoms with Crippen LogP contribution in [0.4, 0.5) is 9.18 Å². The zero-order valence-electron chi connectivity index (χ0n) is 12.3. The van der Waals surface area contributed by atoms with Crippen LogP contribution in [0, 0.1) is 5.82 Å². The van der Waals surface area contributed by atoms with Gasteiger partial charge in [0.15, 0.2) is 0 Å². The summed E-state index contributed by atoms with van der Waals surface area (Å²) in [4.78, 5) is 36.9. The third-order valence-electron chi connectivity index (χ3n) is 3.38. The lowest BCUT2D eigenvalue weighted by molar-refractivity contribution is -0.137. The molecule has 0 aromatic heterocycles. The predicted octanol–water partition coefficient (Wildman–Crippen LogP) is 1.89. The van der Waals surface area contributed by atoms with Crippen molar-refractivity contribution in [1.29, 1.82) is 0 Å². The highest BCUT2D eigenvalue weighted by Gasteiger charge is 2.40. The topological polar surface area (TPSA) is 75.7 Å². The third kappa shape index (κ3) is 2.69. The van der Waals surface area contributed by atoms with Crippen LogP contribution in [0.1, 0.15) is 25.5 Å². The second kappa shape index (κ2) is 5.97. The first-order valence-corrected chi connectivity index (χ1v) is 6.52. The highest BCUT2D eigenvalue weighted by atomic mass is 19.1.